The maximum atomic E-state index is 7.13. The molecule has 8 aromatic carbocycles. The van der Waals surface area contributed by atoms with Crippen molar-refractivity contribution in [1.29, 1.82) is 0 Å². The maximum Gasteiger partial charge on any atom is 0.459 e. The number of ether oxygens (including phenoxy) is 3. The fourth-order valence-electron chi connectivity index (χ4n) is 7.22. The van der Waals surface area contributed by atoms with Crippen molar-refractivity contribution in [3.05, 3.63) is 170 Å². The van der Waals surface area contributed by atoms with Crippen LogP contribution in [0.3, 0.4) is 0 Å². The average Bonchev–Trinajstić information content (AvgIpc) is 3.30. The molecule has 0 amide bonds. The third-order valence-electron chi connectivity index (χ3n) is 10.2. The summed E-state index contributed by atoms with van der Waals surface area (Å²) in [6.45, 7) is 1.94. The minimum absolute atomic E-state index is 0.0411. The Kier molecular flexibility index (Phi) is 12.3. The normalized spacial score (nSPS) is 20.8. The van der Waals surface area contributed by atoms with Crippen molar-refractivity contribution in [2.45, 2.75) is 0 Å². The van der Waals surface area contributed by atoms with Crippen molar-refractivity contribution in [2.24, 2.45) is 13.5 Å². The molecule has 0 saturated heterocycles. The van der Waals surface area contributed by atoms with Crippen molar-refractivity contribution in [3.63, 3.8) is 0 Å². The Bertz CT molecular complexity index is 2930. The molecule has 2 heterocycles. The van der Waals surface area contributed by atoms with E-state index in [1.807, 2.05) is 170 Å². The maximum absolute atomic E-state index is 7.13. The fraction of sp³-hybridized carbons (Fsp3) is 0.167. The first-order valence-electron chi connectivity index (χ1n) is 20.7. The Balaban J connectivity index is 1.22. The summed E-state index contributed by atoms with van der Waals surface area (Å²) >= 11 is 0. The van der Waals surface area contributed by atoms with Crippen LogP contribution >= 0.6 is 23.0 Å². The molecule has 0 fully saturated rings. The predicted octanol–water partition coefficient (Wildman–Crippen LogP) is 13.9. The lowest BCUT2D eigenvalue weighted by Crippen LogP contribution is -2.15. The Morgan fingerprint density at radius 1 is 0.302 bits per heavy atom. The van der Waals surface area contributed by atoms with Crippen molar-refractivity contribution < 1.29 is 41.4 Å². The Hall–Kier alpha value is -5.51. The molecule has 0 spiro atoms. The molecule has 2 bridgehead atoms. The van der Waals surface area contributed by atoms with Crippen LogP contribution in [0.5, 0.6) is 23.0 Å². The van der Waals surface area contributed by atoms with Crippen LogP contribution in [0.15, 0.2) is 183 Å². The molecule has 0 aromatic heterocycles. The largest absolute Gasteiger partial charge is 0.459 e. The van der Waals surface area contributed by atoms with E-state index in [1.165, 1.54) is 0 Å². The van der Waals surface area contributed by atoms with Gasteiger partial charge < -0.3 is 32.3 Å². The molecule has 12 nitrogen and oxygen atoms in total. The summed E-state index contributed by atoms with van der Waals surface area (Å²) in [5, 5.41) is 7.96. The van der Waals surface area contributed by atoms with E-state index in [0.29, 0.717) is 49.4 Å². The standard InChI is InChI=1S/C48H44N3O9P3/c1-5-13-41-33-45(21-17-37(41)9-1)57-61-49-62(58-46-22-18-38-10-2-6-14-42(38)34-46,56-32-30-54-28-26-52-25-27-53-29-31-55-61)51-63(50-61,59-47-23-19-39-11-3-7-15-43(39)35-47)60-48-24-20-40-12-4-8-16-44(40)36-48/h1-24,33-36H,25-32H2. The van der Waals surface area contributed by atoms with Gasteiger partial charge in [0.1, 0.15) is 23.0 Å². The van der Waals surface area contributed by atoms with Gasteiger partial charge in [-0.25, -0.2) is 0 Å². The second-order valence-electron chi connectivity index (χ2n) is 14.6. The van der Waals surface area contributed by atoms with Gasteiger partial charge >= 0.3 is 23.0 Å². The fourth-order valence-corrected chi connectivity index (χ4v) is 16.4. The average molecular weight is 900 g/mol. The molecule has 15 heteroatoms. The van der Waals surface area contributed by atoms with E-state index in [4.69, 9.17) is 54.9 Å². The minimum Gasteiger partial charge on any atom is -0.422 e. The summed E-state index contributed by atoms with van der Waals surface area (Å²) in [6.07, 6.45) is 0. The number of hydrogen-bond donors (Lipinski definition) is 0. The first-order chi connectivity index (χ1) is 31.0. The van der Waals surface area contributed by atoms with Gasteiger partial charge in [-0.15, -0.1) is 13.5 Å². The van der Waals surface area contributed by atoms with Crippen LogP contribution in [-0.2, 0) is 23.3 Å². The molecule has 63 heavy (non-hydrogen) atoms. The lowest BCUT2D eigenvalue weighted by atomic mass is 10.1. The van der Waals surface area contributed by atoms with E-state index in [1.54, 1.807) is 0 Å². The molecule has 0 N–H and O–H groups in total. The lowest BCUT2D eigenvalue weighted by Gasteiger charge is -2.33. The molecule has 2 unspecified atom stereocenters. The molecule has 8 aromatic rings. The molecule has 2 aliphatic rings. The Morgan fingerprint density at radius 3 is 0.968 bits per heavy atom. The molecular weight excluding hydrogens is 855 g/mol. The summed E-state index contributed by atoms with van der Waals surface area (Å²) in [7, 11) is -12.0. The van der Waals surface area contributed by atoms with Crippen LogP contribution in [0.4, 0.5) is 0 Å². The highest BCUT2D eigenvalue weighted by Gasteiger charge is 2.47. The molecular formula is C48H44N3O9P3. The van der Waals surface area contributed by atoms with Gasteiger partial charge in [0, 0.05) is 0 Å². The van der Waals surface area contributed by atoms with E-state index < -0.39 is 23.0 Å². The number of benzene rings is 8. The minimum atomic E-state index is -4.06. The highest BCUT2D eigenvalue weighted by Crippen LogP contribution is 2.79. The zero-order chi connectivity index (χ0) is 42.4. The van der Waals surface area contributed by atoms with Gasteiger partial charge in [-0.3, -0.25) is 9.05 Å². The lowest BCUT2D eigenvalue weighted by molar-refractivity contribution is 0.00458. The van der Waals surface area contributed by atoms with E-state index in [-0.39, 0.29) is 26.4 Å². The summed E-state index contributed by atoms with van der Waals surface area (Å²) in [5.74, 6) is 1.83. The van der Waals surface area contributed by atoms with Gasteiger partial charge in [0.2, 0.25) is 0 Å². The Labute approximate surface area is 365 Å². The zero-order valence-electron chi connectivity index (χ0n) is 34.2. The van der Waals surface area contributed by atoms with Crippen LogP contribution in [0.25, 0.3) is 43.1 Å². The van der Waals surface area contributed by atoms with Crippen LogP contribution in [0.2, 0.25) is 0 Å². The second kappa shape index (κ2) is 18.7. The van der Waals surface area contributed by atoms with Gasteiger partial charge in [-0.2, -0.15) is 0 Å². The topological polar surface area (TPSA) is 120 Å². The Morgan fingerprint density at radius 2 is 0.603 bits per heavy atom. The van der Waals surface area contributed by atoms with Gasteiger partial charge in [0.05, 0.1) is 52.9 Å². The van der Waals surface area contributed by atoms with Crippen LogP contribution in [0, 0.1) is 0 Å². The van der Waals surface area contributed by atoms with E-state index in [9.17, 15) is 0 Å². The number of nitrogens with zero attached hydrogens (tertiary/aromatic N) is 3. The number of fused-ring (bicyclic) bond motifs is 5. The quantitative estimate of drug-likeness (QED) is 0.137. The summed E-state index contributed by atoms with van der Waals surface area (Å²) in [5.41, 5.74) is 0. The summed E-state index contributed by atoms with van der Waals surface area (Å²) < 4.78 is 75.8. The van der Waals surface area contributed by atoms with E-state index >= 15 is 0 Å². The number of rotatable bonds is 8. The highest BCUT2D eigenvalue weighted by molar-refractivity contribution is 7.78. The van der Waals surface area contributed by atoms with Crippen LogP contribution < -0.4 is 18.1 Å². The first-order valence-corrected chi connectivity index (χ1v) is 25.3. The van der Waals surface area contributed by atoms with Gasteiger partial charge in [0.25, 0.3) is 0 Å². The summed E-state index contributed by atoms with van der Waals surface area (Å²) in [6, 6.07) is 55.4. The smallest absolute Gasteiger partial charge is 0.422 e. The predicted molar refractivity (Wildman–Crippen MR) is 251 cm³/mol. The van der Waals surface area contributed by atoms with Crippen molar-refractivity contribution in [2.75, 3.05) is 52.9 Å². The molecule has 0 radical (unpaired) electrons. The van der Waals surface area contributed by atoms with Crippen molar-refractivity contribution >= 4 is 66.1 Å². The third kappa shape index (κ3) is 9.85. The molecule has 2 aliphatic heterocycles. The SMILES string of the molecule is c1ccc2cc(OP34=NP(Oc5ccc6ccccc6c5)(=NP(Oc5ccc6ccccc6c5)(Oc5ccc6ccccc6c5)=N3)OCCOCCOCCOCCO4)ccc2c1. The van der Waals surface area contributed by atoms with Gasteiger partial charge in [-0.05, 0) is 91.6 Å². The third-order valence-corrected chi connectivity index (χ3v) is 18.4. The first kappa shape index (κ1) is 41.5. The van der Waals surface area contributed by atoms with Gasteiger partial charge in [0.15, 0.2) is 0 Å². The second-order valence-corrected chi connectivity index (χ2v) is 21.0. The number of hydrogen-bond acceptors (Lipinski definition) is 12. The summed E-state index contributed by atoms with van der Waals surface area (Å²) in [4.78, 5) is 0. The van der Waals surface area contributed by atoms with Crippen LogP contribution in [-0.4, -0.2) is 52.9 Å². The van der Waals surface area contributed by atoms with Crippen molar-refractivity contribution in [3.8, 4) is 23.0 Å². The van der Waals surface area contributed by atoms with Crippen molar-refractivity contribution in [1.82, 2.24) is 0 Å². The molecule has 0 aliphatic carbocycles. The van der Waals surface area contributed by atoms with E-state index in [0.717, 1.165) is 43.1 Å². The monoisotopic (exact) mass is 899 g/mol. The van der Waals surface area contributed by atoms with E-state index in [2.05, 4.69) is 0 Å². The molecule has 320 valence electrons. The van der Waals surface area contributed by atoms with Gasteiger partial charge in [-0.1, -0.05) is 121 Å². The molecule has 10 rings (SSSR count). The highest BCUT2D eigenvalue weighted by atomic mass is 31.3. The molecule has 0 saturated carbocycles. The zero-order valence-corrected chi connectivity index (χ0v) is 36.9. The molecule has 2 atom stereocenters. The van der Waals surface area contributed by atoms with Crippen LogP contribution in [0.1, 0.15) is 0 Å².